The molecule has 3 amide bonds. The van der Waals surface area contributed by atoms with E-state index in [9.17, 15) is 27.6 Å². The number of imide groups is 1. The number of urea groups is 1. The molecular weight excluding hydrogens is 479 g/mol. The van der Waals surface area contributed by atoms with Crippen LogP contribution in [0, 0.1) is 0 Å². The Morgan fingerprint density at radius 1 is 0.972 bits per heavy atom. The van der Waals surface area contributed by atoms with Gasteiger partial charge in [0.15, 0.2) is 0 Å². The summed E-state index contributed by atoms with van der Waals surface area (Å²) in [7, 11) is 0. The lowest BCUT2D eigenvalue weighted by atomic mass is 10.1. The number of benzene rings is 2. The third kappa shape index (κ3) is 4.47. The number of rotatable bonds is 6. The largest absolute Gasteiger partial charge is 0.573 e. The summed E-state index contributed by atoms with van der Waals surface area (Å²) in [6.45, 7) is 0.0322. The molecule has 1 saturated heterocycles. The molecule has 0 atom stereocenters. The average molecular weight is 497 g/mol. The first-order chi connectivity index (χ1) is 17.2. The number of para-hydroxylation sites is 1. The molecule has 0 unspecified atom stereocenters. The molecule has 1 aliphatic carbocycles. The van der Waals surface area contributed by atoms with Crippen LogP contribution in [0.2, 0.25) is 0 Å². The molecule has 3 aromatic rings. The van der Waals surface area contributed by atoms with Crippen LogP contribution in [0.1, 0.15) is 28.9 Å². The quantitative estimate of drug-likeness (QED) is 0.279. The molecule has 2 aromatic carbocycles. The summed E-state index contributed by atoms with van der Waals surface area (Å²) in [5, 5.41) is 0. The van der Waals surface area contributed by atoms with E-state index < -0.39 is 35.6 Å². The van der Waals surface area contributed by atoms with E-state index >= 15 is 0 Å². The number of aromatic nitrogens is 1. The zero-order valence-electron chi connectivity index (χ0n) is 18.6. The second-order valence-electron chi connectivity index (χ2n) is 8.33. The molecule has 2 aliphatic rings. The van der Waals surface area contributed by atoms with E-state index in [4.69, 9.17) is 4.74 Å². The number of hydrogen-bond donors (Lipinski definition) is 0. The van der Waals surface area contributed by atoms with Crippen molar-refractivity contribution in [3.8, 4) is 11.5 Å². The number of alkyl halides is 3. The van der Waals surface area contributed by atoms with Gasteiger partial charge in [-0.05, 0) is 66.9 Å². The van der Waals surface area contributed by atoms with Crippen LogP contribution in [-0.2, 0) is 11.3 Å². The molecule has 1 spiro atoms. The first-order valence-electron chi connectivity index (χ1n) is 10.9. The third-order valence-corrected chi connectivity index (χ3v) is 5.92. The van der Waals surface area contributed by atoms with Crippen LogP contribution in [0.5, 0.6) is 11.5 Å². The number of hydrogen-bond acceptors (Lipinski definition) is 6. The zero-order valence-corrected chi connectivity index (χ0v) is 18.6. The standard InChI is InChI=1S/C25H18F3N3O5/c26-25(27,28)36-19-8-6-17(7-9-19)31-22(33)24(11-12-24)30(23(31)34)15-16-10-13-29-20(14-16)21(32)35-18-4-2-1-3-5-18/h1-10,13-14H,11-12,15H2. The SMILES string of the molecule is O=C(Oc1ccccc1)c1cc(CN2C(=O)N(c3ccc(OC(F)(F)F)cc3)C(=O)C23CC3)ccn1. The smallest absolute Gasteiger partial charge is 0.422 e. The molecule has 0 bridgehead atoms. The van der Waals surface area contributed by atoms with Crippen LogP contribution in [0.4, 0.5) is 23.7 Å². The van der Waals surface area contributed by atoms with Crippen molar-refractivity contribution in [1.82, 2.24) is 9.88 Å². The number of halogens is 3. The van der Waals surface area contributed by atoms with E-state index in [1.54, 1.807) is 36.4 Å². The summed E-state index contributed by atoms with van der Waals surface area (Å²) in [6, 6.07) is 15.5. The molecule has 1 saturated carbocycles. The zero-order chi connectivity index (χ0) is 25.5. The van der Waals surface area contributed by atoms with Gasteiger partial charge in [0.2, 0.25) is 0 Å². The Morgan fingerprint density at radius 2 is 1.67 bits per heavy atom. The fourth-order valence-electron chi connectivity index (χ4n) is 4.07. The van der Waals surface area contributed by atoms with E-state index in [0.717, 1.165) is 17.0 Å². The van der Waals surface area contributed by atoms with E-state index in [0.29, 0.717) is 24.2 Å². The van der Waals surface area contributed by atoms with Crippen molar-refractivity contribution in [2.24, 2.45) is 0 Å². The monoisotopic (exact) mass is 497 g/mol. The summed E-state index contributed by atoms with van der Waals surface area (Å²) in [6.07, 6.45) is -2.53. The number of ether oxygens (including phenoxy) is 2. The van der Waals surface area contributed by atoms with Crippen molar-refractivity contribution >= 4 is 23.6 Å². The van der Waals surface area contributed by atoms with E-state index in [2.05, 4.69) is 9.72 Å². The van der Waals surface area contributed by atoms with E-state index in [1.165, 1.54) is 29.3 Å². The number of carbonyl (C=O) groups is 3. The molecule has 1 aliphatic heterocycles. The molecule has 36 heavy (non-hydrogen) atoms. The van der Waals surface area contributed by atoms with Gasteiger partial charge in [0.05, 0.1) is 5.69 Å². The van der Waals surface area contributed by atoms with Crippen LogP contribution >= 0.6 is 0 Å². The number of anilines is 1. The molecule has 2 heterocycles. The second-order valence-corrected chi connectivity index (χ2v) is 8.33. The molecular formula is C25H18F3N3O5. The minimum atomic E-state index is -4.85. The predicted octanol–water partition coefficient (Wildman–Crippen LogP) is 4.70. The summed E-state index contributed by atoms with van der Waals surface area (Å²) in [5.41, 5.74) is -0.286. The first kappa shape index (κ1) is 23.3. The Kier molecular flexibility index (Phi) is 5.62. The highest BCUT2D eigenvalue weighted by atomic mass is 19.4. The summed E-state index contributed by atoms with van der Waals surface area (Å²) in [5.74, 6) is -1.23. The van der Waals surface area contributed by atoms with Gasteiger partial charge < -0.3 is 14.4 Å². The molecule has 0 radical (unpaired) electrons. The Hall–Kier alpha value is -4.41. The molecule has 2 fully saturated rings. The number of amides is 3. The van der Waals surface area contributed by atoms with E-state index in [1.807, 2.05) is 0 Å². The summed E-state index contributed by atoms with van der Waals surface area (Å²) in [4.78, 5) is 45.3. The highest BCUT2D eigenvalue weighted by molar-refractivity contribution is 6.24. The van der Waals surface area contributed by atoms with Crippen molar-refractivity contribution in [3.05, 3.63) is 84.2 Å². The maximum atomic E-state index is 13.3. The Balaban J connectivity index is 1.34. The predicted molar refractivity (Wildman–Crippen MR) is 119 cm³/mol. The van der Waals surface area contributed by atoms with E-state index in [-0.39, 0.29) is 17.9 Å². The molecule has 1 aromatic heterocycles. The lowest BCUT2D eigenvalue weighted by Crippen LogP contribution is -2.36. The van der Waals surface area contributed by atoms with Gasteiger partial charge >= 0.3 is 18.4 Å². The molecule has 0 N–H and O–H groups in total. The fraction of sp³-hybridized carbons (Fsp3) is 0.200. The van der Waals surface area contributed by atoms with Gasteiger partial charge in [-0.25, -0.2) is 19.5 Å². The number of pyridine rings is 1. The first-order valence-corrected chi connectivity index (χ1v) is 10.9. The van der Waals surface area contributed by atoms with Crippen LogP contribution in [0.25, 0.3) is 0 Å². The van der Waals surface area contributed by atoms with Crippen molar-refractivity contribution in [2.75, 3.05) is 4.90 Å². The van der Waals surface area contributed by atoms with Crippen molar-refractivity contribution in [2.45, 2.75) is 31.3 Å². The molecule has 5 rings (SSSR count). The van der Waals surface area contributed by atoms with Crippen molar-refractivity contribution in [1.29, 1.82) is 0 Å². The topological polar surface area (TPSA) is 89.0 Å². The lowest BCUT2D eigenvalue weighted by Gasteiger charge is -2.21. The van der Waals surface area contributed by atoms with Gasteiger partial charge in [0.1, 0.15) is 22.7 Å². The summed E-state index contributed by atoms with van der Waals surface area (Å²) >= 11 is 0. The highest BCUT2D eigenvalue weighted by Gasteiger charge is 2.65. The summed E-state index contributed by atoms with van der Waals surface area (Å²) < 4.78 is 46.5. The van der Waals surface area contributed by atoms with Gasteiger partial charge in [-0.3, -0.25) is 4.79 Å². The van der Waals surface area contributed by atoms with Crippen LogP contribution in [-0.4, -0.2) is 39.7 Å². The number of esters is 1. The molecule has 8 nitrogen and oxygen atoms in total. The maximum Gasteiger partial charge on any atom is 0.573 e. The Labute approximate surface area is 202 Å². The van der Waals surface area contributed by atoms with Crippen LogP contribution in [0.3, 0.4) is 0 Å². The van der Waals surface area contributed by atoms with Gasteiger partial charge in [-0.15, -0.1) is 13.2 Å². The van der Waals surface area contributed by atoms with Gasteiger partial charge in [0.25, 0.3) is 5.91 Å². The van der Waals surface area contributed by atoms with Gasteiger partial charge in [-0.2, -0.15) is 0 Å². The van der Waals surface area contributed by atoms with Crippen molar-refractivity contribution in [3.63, 3.8) is 0 Å². The van der Waals surface area contributed by atoms with Crippen LogP contribution in [0.15, 0.2) is 72.9 Å². The maximum absolute atomic E-state index is 13.3. The average Bonchev–Trinajstić information content (AvgIpc) is 3.62. The Bertz CT molecular complexity index is 1320. The van der Waals surface area contributed by atoms with Crippen molar-refractivity contribution < 1.29 is 37.0 Å². The number of nitrogens with zero attached hydrogens (tertiary/aromatic N) is 3. The second kappa shape index (κ2) is 8.67. The lowest BCUT2D eigenvalue weighted by molar-refractivity contribution is -0.274. The normalized spacial score (nSPS) is 16.4. The van der Waals surface area contributed by atoms with Crippen LogP contribution < -0.4 is 14.4 Å². The number of carbonyl (C=O) groups excluding carboxylic acids is 3. The Morgan fingerprint density at radius 3 is 2.31 bits per heavy atom. The third-order valence-electron chi connectivity index (χ3n) is 5.92. The fourth-order valence-corrected chi connectivity index (χ4v) is 4.07. The molecule has 184 valence electrons. The molecule has 11 heteroatoms. The van der Waals surface area contributed by atoms with Gasteiger partial charge in [0, 0.05) is 12.7 Å². The highest BCUT2D eigenvalue weighted by Crippen LogP contribution is 2.49. The minimum absolute atomic E-state index is 0.0322. The minimum Gasteiger partial charge on any atom is -0.422 e. The van der Waals surface area contributed by atoms with Gasteiger partial charge in [-0.1, -0.05) is 18.2 Å².